The number of allylic oxidation sites excluding steroid dienone is 1. The van der Waals surface area contributed by atoms with Crippen molar-refractivity contribution < 1.29 is 4.74 Å². The van der Waals surface area contributed by atoms with Gasteiger partial charge in [-0.2, -0.15) is 5.26 Å². The van der Waals surface area contributed by atoms with E-state index >= 15 is 0 Å². The van der Waals surface area contributed by atoms with Gasteiger partial charge in [-0.1, -0.05) is 35.9 Å². The molecule has 0 amide bonds. The van der Waals surface area contributed by atoms with Gasteiger partial charge in [-0.15, -0.1) is 11.3 Å². The molecule has 0 spiro atoms. The average molecular weight is 353 g/mol. The van der Waals surface area contributed by atoms with Crippen LogP contribution < -0.4 is 4.74 Å². The zero-order valence-electron chi connectivity index (χ0n) is 12.9. The van der Waals surface area contributed by atoms with Crippen molar-refractivity contribution in [3.05, 3.63) is 69.5 Å². The first kappa shape index (κ1) is 16.3. The highest BCUT2D eigenvalue weighted by atomic mass is 35.5. The number of aromatic nitrogens is 1. The Kier molecular flexibility index (Phi) is 4.95. The fourth-order valence-electron chi connectivity index (χ4n) is 2.16. The Hall–Kier alpha value is -2.61. The molecule has 0 aliphatic carbocycles. The van der Waals surface area contributed by atoms with Crippen molar-refractivity contribution in [1.82, 2.24) is 4.98 Å². The number of thiazole rings is 1. The summed E-state index contributed by atoms with van der Waals surface area (Å²) in [5.41, 5.74) is 3.27. The molecule has 0 saturated heterocycles. The number of rotatable bonds is 4. The highest BCUT2D eigenvalue weighted by molar-refractivity contribution is 7.11. The third-order valence-electron chi connectivity index (χ3n) is 3.42. The molecule has 2 aromatic carbocycles. The fraction of sp³-hybridized carbons (Fsp3) is 0.0526. The van der Waals surface area contributed by atoms with Crippen LogP contribution in [0.15, 0.2) is 53.9 Å². The predicted molar refractivity (Wildman–Crippen MR) is 99.0 cm³/mol. The Morgan fingerprint density at radius 2 is 1.88 bits per heavy atom. The van der Waals surface area contributed by atoms with Crippen LogP contribution in [0.1, 0.15) is 10.6 Å². The predicted octanol–water partition coefficient (Wildman–Crippen LogP) is 5.54. The summed E-state index contributed by atoms with van der Waals surface area (Å²) in [6.07, 6.45) is 1.82. The molecule has 1 heterocycles. The number of hydrogen-bond acceptors (Lipinski definition) is 4. The number of benzene rings is 2. The van der Waals surface area contributed by atoms with Crippen molar-refractivity contribution in [2.24, 2.45) is 0 Å². The lowest BCUT2D eigenvalue weighted by Gasteiger charge is -2.00. The molecule has 0 bridgehead atoms. The van der Waals surface area contributed by atoms with Crippen molar-refractivity contribution in [2.45, 2.75) is 0 Å². The molecule has 1 aromatic heterocycles. The number of nitrogens with zero attached hydrogens (tertiary/aromatic N) is 2. The van der Waals surface area contributed by atoms with E-state index in [0.717, 1.165) is 22.6 Å². The molecule has 118 valence electrons. The zero-order valence-corrected chi connectivity index (χ0v) is 14.4. The first-order valence-corrected chi connectivity index (χ1v) is 8.43. The van der Waals surface area contributed by atoms with Crippen molar-refractivity contribution in [1.29, 1.82) is 5.26 Å². The molecule has 0 N–H and O–H groups in total. The maximum Gasteiger partial charge on any atom is 0.134 e. The standard InChI is InChI=1S/C19H13ClN2OS/c1-23-17-8-2-13(3-9-17)10-15(11-21)19-22-18(12-24-19)14-4-6-16(20)7-5-14/h2-10,12H,1H3. The van der Waals surface area contributed by atoms with E-state index in [1.807, 2.05) is 60.0 Å². The number of hydrogen-bond donors (Lipinski definition) is 0. The van der Waals surface area contributed by atoms with Crippen molar-refractivity contribution in [3.8, 4) is 23.1 Å². The van der Waals surface area contributed by atoms with E-state index in [2.05, 4.69) is 11.1 Å². The van der Waals surface area contributed by atoms with Gasteiger partial charge in [-0.25, -0.2) is 4.98 Å². The van der Waals surface area contributed by atoms with E-state index in [9.17, 15) is 5.26 Å². The SMILES string of the molecule is COc1ccc(C=C(C#N)c2nc(-c3ccc(Cl)cc3)cs2)cc1. The van der Waals surface area contributed by atoms with Gasteiger partial charge >= 0.3 is 0 Å². The Labute approximate surface area is 149 Å². The summed E-state index contributed by atoms with van der Waals surface area (Å²) < 4.78 is 5.14. The molecule has 0 unspecified atom stereocenters. The lowest BCUT2D eigenvalue weighted by atomic mass is 10.1. The van der Waals surface area contributed by atoms with Crippen molar-refractivity contribution in [3.63, 3.8) is 0 Å². The summed E-state index contributed by atoms with van der Waals surface area (Å²) >= 11 is 7.36. The van der Waals surface area contributed by atoms with E-state index in [0.29, 0.717) is 15.6 Å². The monoisotopic (exact) mass is 352 g/mol. The second-order valence-electron chi connectivity index (χ2n) is 4.99. The summed E-state index contributed by atoms with van der Waals surface area (Å²) in [7, 11) is 1.62. The molecule has 0 aliphatic rings. The molecule has 3 aromatic rings. The highest BCUT2D eigenvalue weighted by Gasteiger charge is 2.09. The third kappa shape index (κ3) is 3.65. The maximum absolute atomic E-state index is 9.46. The first-order valence-electron chi connectivity index (χ1n) is 7.17. The topological polar surface area (TPSA) is 45.9 Å². The van der Waals surface area contributed by atoms with Crippen LogP contribution in [0.3, 0.4) is 0 Å². The van der Waals surface area contributed by atoms with E-state index < -0.39 is 0 Å². The average Bonchev–Trinajstić information content (AvgIpc) is 3.10. The van der Waals surface area contributed by atoms with E-state index in [-0.39, 0.29) is 0 Å². The van der Waals surface area contributed by atoms with Gasteiger partial charge < -0.3 is 4.74 Å². The minimum atomic E-state index is 0.533. The number of nitriles is 1. The Bertz CT molecular complexity index is 906. The summed E-state index contributed by atoms with van der Waals surface area (Å²) in [6, 6.07) is 17.3. The Morgan fingerprint density at radius 1 is 1.17 bits per heavy atom. The van der Waals surface area contributed by atoms with Gasteiger partial charge in [0, 0.05) is 16.0 Å². The Morgan fingerprint density at radius 3 is 2.50 bits per heavy atom. The summed E-state index contributed by atoms with van der Waals surface area (Å²) in [4.78, 5) is 4.57. The number of ether oxygens (including phenoxy) is 1. The summed E-state index contributed by atoms with van der Waals surface area (Å²) in [5, 5.41) is 12.8. The molecule has 0 saturated carbocycles. The summed E-state index contributed by atoms with van der Waals surface area (Å²) in [6.45, 7) is 0. The molecule has 3 rings (SSSR count). The normalized spacial score (nSPS) is 11.1. The van der Waals surface area contributed by atoms with Gasteiger partial charge in [0.15, 0.2) is 0 Å². The minimum absolute atomic E-state index is 0.533. The molecular formula is C19H13ClN2OS. The lowest BCUT2D eigenvalue weighted by Crippen LogP contribution is -1.84. The van der Waals surface area contributed by atoms with Gasteiger partial charge in [-0.3, -0.25) is 0 Å². The van der Waals surface area contributed by atoms with E-state index in [1.54, 1.807) is 7.11 Å². The molecular weight excluding hydrogens is 340 g/mol. The maximum atomic E-state index is 9.46. The molecule has 3 nitrogen and oxygen atoms in total. The molecule has 0 atom stereocenters. The van der Waals surface area contributed by atoms with Gasteiger partial charge in [0.25, 0.3) is 0 Å². The zero-order chi connectivity index (χ0) is 16.9. The van der Waals surface area contributed by atoms with Crippen LogP contribution in [0.5, 0.6) is 5.75 Å². The van der Waals surface area contributed by atoms with Gasteiger partial charge in [-0.05, 0) is 35.9 Å². The largest absolute Gasteiger partial charge is 0.497 e. The molecule has 5 heteroatoms. The third-order valence-corrected chi connectivity index (χ3v) is 4.55. The summed E-state index contributed by atoms with van der Waals surface area (Å²) in [5.74, 6) is 0.782. The number of methoxy groups -OCH3 is 1. The highest BCUT2D eigenvalue weighted by Crippen LogP contribution is 2.28. The minimum Gasteiger partial charge on any atom is -0.497 e. The van der Waals surface area contributed by atoms with Crippen molar-refractivity contribution >= 4 is 34.6 Å². The van der Waals surface area contributed by atoms with Crippen LogP contribution in [0.25, 0.3) is 22.9 Å². The van der Waals surface area contributed by atoms with Crippen LogP contribution in [0.2, 0.25) is 5.02 Å². The fourth-order valence-corrected chi connectivity index (χ4v) is 3.08. The van der Waals surface area contributed by atoms with E-state index in [1.165, 1.54) is 11.3 Å². The van der Waals surface area contributed by atoms with Crippen LogP contribution in [0.4, 0.5) is 0 Å². The number of halogens is 1. The first-order chi connectivity index (χ1) is 11.7. The molecule has 0 radical (unpaired) electrons. The van der Waals surface area contributed by atoms with Gasteiger partial charge in [0.05, 0.1) is 18.4 Å². The van der Waals surface area contributed by atoms with Gasteiger partial charge in [0.2, 0.25) is 0 Å². The van der Waals surface area contributed by atoms with Crippen LogP contribution in [-0.2, 0) is 0 Å². The van der Waals surface area contributed by atoms with E-state index in [4.69, 9.17) is 16.3 Å². The second kappa shape index (κ2) is 7.31. The second-order valence-corrected chi connectivity index (χ2v) is 6.28. The lowest BCUT2D eigenvalue weighted by molar-refractivity contribution is 0.415. The van der Waals surface area contributed by atoms with Crippen LogP contribution in [0, 0.1) is 11.3 Å². The van der Waals surface area contributed by atoms with Crippen LogP contribution >= 0.6 is 22.9 Å². The van der Waals surface area contributed by atoms with Crippen molar-refractivity contribution in [2.75, 3.05) is 7.11 Å². The molecule has 0 fully saturated rings. The molecule has 0 aliphatic heterocycles. The van der Waals surface area contributed by atoms with Gasteiger partial charge in [0.1, 0.15) is 16.8 Å². The Balaban J connectivity index is 1.90. The van der Waals surface area contributed by atoms with Crippen LogP contribution in [-0.4, -0.2) is 12.1 Å². The quantitative estimate of drug-likeness (QED) is 0.579. The smallest absolute Gasteiger partial charge is 0.134 e. The molecule has 24 heavy (non-hydrogen) atoms.